The van der Waals surface area contributed by atoms with Crippen molar-refractivity contribution >= 4 is 29.9 Å². The first kappa shape index (κ1) is 17.4. The van der Waals surface area contributed by atoms with E-state index < -0.39 is 0 Å². The lowest BCUT2D eigenvalue weighted by Crippen LogP contribution is -2.51. The van der Waals surface area contributed by atoms with E-state index >= 15 is 0 Å². The van der Waals surface area contributed by atoms with E-state index in [1.807, 2.05) is 24.3 Å². The molecular formula is C14H20ClN3O3. The Bertz CT molecular complexity index is 490. The Morgan fingerprint density at radius 2 is 2.24 bits per heavy atom. The van der Waals surface area contributed by atoms with Crippen molar-refractivity contribution in [3.63, 3.8) is 0 Å². The van der Waals surface area contributed by atoms with Gasteiger partial charge < -0.3 is 20.7 Å². The molecule has 1 aliphatic heterocycles. The summed E-state index contributed by atoms with van der Waals surface area (Å²) < 4.78 is 5.25. The van der Waals surface area contributed by atoms with Gasteiger partial charge in [-0.2, -0.15) is 0 Å². The van der Waals surface area contributed by atoms with Crippen LogP contribution in [0.25, 0.3) is 0 Å². The third-order valence-corrected chi connectivity index (χ3v) is 2.95. The predicted octanol–water partition coefficient (Wildman–Crippen LogP) is 0.671. The van der Waals surface area contributed by atoms with Crippen LogP contribution < -0.4 is 16.0 Å². The van der Waals surface area contributed by atoms with E-state index in [9.17, 15) is 9.59 Å². The number of morpholine rings is 1. The van der Waals surface area contributed by atoms with Gasteiger partial charge >= 0.3 is 0 Å². The number of carbonyl (C=O) groups excluding carboxylic acids is 2. The number of benzene rings is 1. The molecule has 2 amide bonds. The lowest BCUT2D eigenvalue weighted by Gasteiger charge is -2.22. The van der Waals surface area contributed by atoms with E-state index in [0.29, 0.717) is 26.3 Å². The standard InChI is InChI=1S/C14H19N3O3.ClH/c1-10(18)17-12-4-2-3-11(7-12)8-16-14(19)13-9-20-6-5-15-13;/h2-4,7,13,15H,5-6,8-9H2,1H3,(H,16,19)(H,17,18);1H. The Labute approximate surface area is 130 Å². The van der Waals surface area contributed by atoms with E-state index in [2.05, 4.69) is 16.0 Å². The molecule has 1 aromatic rings. The van der Waals surface area contributed by atoms with Crippen molar-refractivity contribution in [3.05, 3.63) is 29.8 Å². The number of ether oxygens (including phenoxy) is 1. The molecule has 7 heteroatoms. The fourth-order valence-corrected chi connectivity index (χ4v) is 2.01. The summed E-state index contributed by atoms with van der Waals surface area (Å²) in [5.74, 6) is -0.190. The van der Waals surface area contributed by atoms with Gasteiger partial charge in [-0.1, -0.05) is 12.1 Å². The molecule has 21 heavy (non-hydrogen) atoms. The molecular weight excluding hydrogens is 294 g/mol. The highest BCUT2D eigenvalue weighted by Gasteiger charge is 2.20. The molecule has 1 fully saturated rings. The first-order valence-corrected chi connectivity index (χ1v) is 6.60. The van der Waals surface area contributed by atoms with Gasteiger partial charge in [0.15, 0.2) is 0 Å². The van der Waals surface area contributed by atoms with Crippen LogP contribution in [0.15, 0.2) is 24.3 Å². The van der Waals surface area contributed by atoms with Crippen LogP contribution in [0.2, 0.25) is 0 Å². The maximum atomic E-state index is 11.9. The molecule has 1 heterocycles. The largest absolute Gasteiger partial charge is 0.378 e. The highest BCUT2D eigenvalue weighted by Crippen LogP contribution is 2.10. The molecule has 1 aromatic carbocycles. The fraction of sp³-hybridized carbons (Fsp3) is 0.429. The summed E-state index contributed by atoms with van der Waals surface area (Å²) >= 11 is 0. The SMILES string of the molecule is CC(=O)Nc1cccc(CNC(=O)C2COCCN2)c1.Cl. The van der Waals surface area contributed by atoms with Crippen molar-refractivity contribution in [1.82, 2.24) is 10.6 Å². The normalized spacial score (nSPS) is 17.5. The van der Waals surface area contributed by atoms with Gasteiger partial charge in [-0.25, -0.2) is 0 Å². The number of carbonyl (C=O) groups is 2. The molecule has 116 valence electrons. The average molecular weight is 314 g/mol. The highest BCUT2D eigenvalue weighted by atomic mass is 35.5. The molecule has 6 nitrogen and oxygen atoms in total. The number of hydrogen-bond donors (Lipinski definition) is 3. The molecule has 0 bridgehead atoms. The lowest BCUT2D eigenvalue weighted by molar-refractivity contribution is -0.126. The molecule has 0 saturated carbocycles. The van der Waals surface area contributed by atoms with Gasteiger partial charge in [0.05, 0.1) is 13.2 Å². The number of nitrogens with one attached hydrogen (secondary N) is 3. The summed E-state index contributed by atoms with van der Waals surface area (Å²) in [5, 5.41) is 8.67. The van der Waals surface area contributed by atoms with E-state index in [0.717, 1.165) is 11.3 Å². The van der Waals surface area contributed by atoms with Crippen LogP contribution in [0.3, 0.4) is 0 Å². The topological polar surface area (TPSA) is 79.5 Å². The summed E-state index contributed by atoms with van der Waals surface area (Å²) in [4.78, 5) is 22.9. The minimum absolute atomic E-state index is 0. The predicted molar refractivity (Wildman–Crippen MR) is 82.5 cm³/mol. The van der Waals surface area contributed by atoms with Crippen LogP contribution in [0, 0.1) is 0 Å². The number of anilines is 1. The molecule has 1 unspecified atom stereocenters. The average Bonchev–Trinajstić information content (AvgIpc) is 2.45. The van der Waals surface area contributed by atoms with Gasteiger partial charge in [-0.3, -0.25) is 9.59 Å². The van der Waals surface area contributed by atoms with Crippen molar-refractivity contribution in [2.75, 3.05) is 25.1 Å². The number of hydrogen-bond acceptors (Lipinski definition) is 4. The quantitative estimate of drug-likeness (QED) is 0.763. The number of halogens is 1. The molecule has 3 N–H and O–H groups in total. The Hall–Kier alpha value is -1.63. The first-order chi connectivity index (χ1) is 9.65. The molecule has 0 aromatic heterocycles. The maximum absolute atomic E-state index is 11.9. The lowest BCUT2D eigenvalue weighted by atomic mass is 10.2. The van der Waals surface area contributed by atoms with Crippen molar-refractivity contribution in [2.24, 2.45) is 0 Å². The summed E-state index contributed by atoms with van der Waals surface area (Å²) in [5.41, 5.74) is 1.66. The summed E-state index contributed by atoms with van der Waals surface area (Å²) in [6, 6.07) is 7.10. The van der Waals surface area contributed by atoms with Gasteiger partial charge in [0.2, 0.25) is 11.8 Å². The van der Waals surface area contributed by atoms with Gasteiger partial charge in [0.25, 0.3) is 0 Å². The van der Waals surface area contributed by atoms with Gasteiger partial charge in [-0.05, 0) is 17.7 Å². The van der Waals surface area contributed by atoms with Crippen molar-refractivity contribution in [2.45, 2.75) is 19.5 Å². The van der Waals surface area contributed by atoms with Crippen LogP contribution in [0.5, 0.6) is 0 Å². The second kappa shape index (κ2) is 8.61. The zero-order valence-electron chi connectivity index (χ0n) is 11.8. The Morgan fingerprint density at radius 3 is 2.90 bits per heavy atom. The minimum Gasteiger partial charge on any atom is -0.378 e. The first-order valence-electron chi connectivity index (χ1n) is 6.60. The highest BCUT2D eigenvalue weighted by molar-refractivity contribution is 5.88. The third kappa shape index (κ3) is 5.71. The van der Waals surface area contributed by atoms with Crippen molar-refractivity contribution < 1.29 is 14.3 Å². The van der Waals surface area contributed by atoms with Crippen LogP contribution in [-0.2, 0) is 20.9 Å². The van der Waals surface area contributed by atoms with Gasteiger partial charge in [0.1, 0.15) is 6.04 Å². The minimum atomic E-state index is -0.290. The Balaban J connectivity index is 0.00000220. The fourth-order valence-electron chi connectivity index (χ4n) is 2.01. The van der Waals surface area contributed by atoms with Crippen LogP contribution in [0.4, 0.5) is 5.69 Å². The van der Waals surface area contributed by atoms with Crippen molar-refractivity contribution in [1.29, 1.82) is 0 Å². The van der Waals surface area contributed by atoms with Crippen LogP contribution in [-0.4, -0.2) is 37.6 Å². The molecule has 0 aliphatic carbocycles. The van der Waals surface area contributed by atoms with E-state index in [1.54, 1.807) is 0 Å². The summed E-state index contributed by atoms with van der Waals surface area (Å²) in [7, 11) is 0. The summed E-state index contributed by atoms with van der Waals surface area (Å²) in [6.45, 7) is 3.62. The monoisotopic (exact) mass is 313 g/mol. The molecule has 1 atom stereocenters. The smallest absolute Gasteiger partial charge is 0.239 e. The van der Waals surface area contributed by atoms with Crippen LogP contribution in [0.1, 0.15) is 12.5 Å². The van der Waals surface area contributed by atoms with Gasteiger partial charge in [-0.15, -0.1) is 12.4 Å². The maximum Gasteiger partial charge on any atom is 0.239 e. The molecule has 1 aliphatic rings. The zero-order chi connectivity index (χ0) is 14.4. The van der Waals surface area contributed by atoms with E-state index in [-0.39, 0.29) is 30.3 Å². The number of amides is 2. The molecule has 0 spiro atoms. The summed E-state index contributed by atoms with van der Waals surface area (Å²) in [6.07, 6.45) is 0. The molecule has 0 radical (unpaired) electrons. The van der Waals surface area contributed by atoms with E-state index in [4.69, 9.17) is 4.74 Å². The number of rotatable bonds is 4. The van der Waals surface area contributed by atoms with E-state index in [1.165, 1.54) is 6.92 Å². The van der Waals surface area contributed by atoms with Crippen LogP contribution >= 0.6 is 12.4 Å². The molecule has 2 rings (SSSR count). The van der Waals surface area contributed by atoms with Gasteiger partial charge in [0, 0.05) is 25.7 Å². The second-order valence-electron chi connectivity index (χ2n) is 4.68. The third-order valence-electron chi connectivity index (χ3n) is 2.95. The Kier molecular flexibility index (Phi) is 7.14. The van der Waals surface area contributed by atoms with Crippen molar-refractivity contribution in [3.8, 4) is 0 Å². The molecule has 1 saturated heterocycles. The Morgan fingerprint density at radius 1 is 1.43 bits per heavy atom. The second-order valence-corrected chi connectivity index (χ2v) is 4.68. The zero-order valence-corrected chi connectivity index (χ0v) is 12.7.